The molecule has 3 heterocycles. The fourth-order valence-corrected chi connectivity index (χ4v) is 4.15. The van der Waals surface area contributed by atoms with Crippen LogP contribution in [0, 0.1) is 0 Å². The van der Waals surface area contributed by atoms with E-state index in [4.69, 9.17) is 28.4 Å². The van der Waals surface area contributed by atoms with Gasteiger partial charge in [-0.25, -0.2) is 0 Å². The highest BCUT2D eigenvalue weighted by atomic mass is 16.8. The molecule has 0 aromatic rings. The average Bonchev–Trinajstić information content (AvgIpc) is 2.83. The summed E-state index contributed by atoms with van der Waals surface area (Å²) in [6.45, 7) is 0.0356. The molecule has 0 aliphatic carbocycles. The maximum Gasteiger partial charge on any atom is 0.187 e. The topological polar surface area (TPSA) is 237 Å². The van der Waals surface area contributed by atoms with Crippen LogP contribution in [0.1, 0.15) is 6.92 Å². The summed E-state index contributed by atoms with van der Waals surface area (Å²) in [6, 6.07) is 0. The summed E-state index contributed by atoms with van der Waals surface area (Å²) in [5.41, 5.74) is 0. The Bertz CT molecular complexity index is 639. The number of ether oxygens (including phenoxy) is 6. The standard InChI is InChI=1S/C19H34O15/c1-5-8(22)11(25)13(27)17(30-5)34-16-15(10(24)7(4-21)32-19(16)29-2)33-18-14(28)12(26)9(23)6(3-20)31-18/h5-28H,3-4H2,1-2H3/t5-,6+,7+,8+,9-,10-,11+,12-,13-,14+,15-,16+,17-,18+,19+/m0/s1. The Morgan fingerprint density at radius 3 is 1.59 bits per heavy atom. The number of methoxy groups -OCH3 is 1. The second-order valence-corrected chi connectivity index (χ2v) is 8.53. The van der Waals surface area contributed by atoms with E-state index in [1.165, 1.54) is 14.0 Å². The molecule has 0 bridgehead atoms. The van der Waals surface area contributed by atoms with Crippen molar-refractivity contribution in [3.05, 3.63) is 0 Å². The summed E-state index contributed by atoms with van der Waals surface area (Å²) in [5, 5.41) is 90.4. The van der Waals surface area contributed by atoms with Gasteiger partial charge in [-0.3, -0.25) is 0 Å². The van der Waals surface area contributed by atoms with Gasteiger partial charge in [-0.05, 0) is 6.92 Å². The summed E-state index contributed by atoms with van der Waals surface area (Å²) >= 11 is 0. The quantitative estimate of drug-likeness (QED) is 0.157. The fraction of sp³-hybridized carbons (Fsp3) is 1.00. The molecule has 0 radical (unpaired) electrons. The maximum absolute atomic E-state index is 10.8. The lowest BCUT2D eigenvalue weighted by atomic mass is 9.96. The van der Waals surface area contributed by atoms with Crippen LogP contribution in [0.3, 0.4) is 0 Å². The van der Waals surface area contributed by atoms with Gasteiger partial charge in [-0.1, -0.05) is 0 Å². The second-order valence-electron chi connectivity index (χ2n) is 8.53. The average molecular weight is 502 g/mol. The number of rotatable bonds is 7. The van der Waals surface area contributed by atoms with E-state index in [9.17, 15) is 46.0 Å². The van der Waals surface area contributed by atoms with E-state index in [1.54, 1.807) is 0 Å². The fourth-order valence-electron chi connectivity index (χ4n) is 4.15. The molecule has 200 valence electrons. The third-order valence-electron chi connectivity index (χ3n) is 6.27. The van der Waals surface area contributed by atoms with Crippen LogP contribution in [0.15, 0.2) is 0 Å². The predicted molar refractivity (Wildman–Crippen MR) is 105 cm³/mol. The van der Waals surface area contributed by atoms with Crippen LogP contribution < -0.4 is 0 Å². The summed E-state index contributed by atoms with van der Waals surface area (Å²) in [5.74, 6) is 0. The largest absolute Gasteiger partial charge is 0.394 e. The van der Waals surface area contributed by atoms with Gasteiger partial charge in [-0.15, -0.1) is 0 Å². The van der Waals surface area contributed by atoms with Gasteiger partial charge in [0, 0.05) is 7.11 Å². The molecular formula is C19H34O15. The molecule has 0 amide bonds. The summed E-state index contributed by atoms with van der Waals surface area (Å²) in [7, 11) is 1.22. The number of hydrogen-bond acceptors (Lipinski definition) is 15. The Morgan fingerprint density at radius 2 is 1.03 bits per heavy atom. The van der Waals surface area contributed by atoms with Gasteiger partial charge in [-0.2, -0.15) is 0 Å². The molecular weight excluding hydrogens is 468 g/mol. The molecule has 15 atom stereocenters. The molecule has 3 aliphatic rings. The zero-order valence-corrected chi connectivity index (χ0v) is 18.5. The van der Waals surface area contributed by atoms with Crippen molar-refractivity contribution < 1.29 is 74.4 Å². The van der Waals surface area contributed by atoms with Crippen molar-refractivity contribution in [2.45, 2.75) is 99.0 Å². The Labute approximate surface area is 194 Å². The first-order valence-corrected chi connectivity index (χ1v) is 10.8. The molecule has 15 nitrogen and oxygen atoms in total. The Hall–Kier alpha value is -0.600. The Morgan fingerprint density at radius 1 is 0.559 bits per heavy atom. The third kappa shape index (κ3) is 5.39. The number of aliphatic hydroxyl groups excluding tert-OH is 9. The molecule has 15 heteroatoms. The van der Waals surface area contributed by atoms with Crippen LogP contribution in [-0.2, 0) is 28.4 Å². The Kier molecular flexibility index (Phi) is 9.57. The molecule has 3 rings (SSSR count). The lowest BCUT2D eigenvalue weighted by Crippen LogP contribution is -2.66. The van der Waals surface area contributed by atoms with E-state index in [2.05, 4.69) is 0 Å². The van der Waals surface area contributed by atoms with Crippen molar-refractivity contribution in [1.82, 2.24) is 0 Å². The van der Waals surface area contributed by atoms with Crippen molar-refractivity contribution >= 4 is 0 Å². The van der Waals surface area contributed by atoms with Gasteiger partial charge in [0.05, 0.1) is 19.3 Å². The zero-order valence-electron chi connectivity index (χ0n) is 18.5. The van der Waals surface area contributed by atoms with Crippen LogP contribution in [0.5, 0.6) is 0 Å². The van der Waals surface area contributed by atoms with E-state index >= 15 is 0 Å². The summed E-state index contributed by atoms with van der Waals surface area (Å²) in [6.07, 6.45) is -22.6. The van der Waals surface area contributed by atoms with E-state index in [0.717, 1.165) is 0 Å². The van der Waals surface area contributed by atoms with Gasteiger partial charge >= 0.3 is 0 Å². The molecule has 0 unspecified atom stereocenters. The van der Waals surface area contributed by atoms with E-state index in [-0.39, 0.29) is 0 Å². The van der Waals surface area contributed by atoms with Gasteiger partial charge in [0.2, 0.25) is 0 Å². The second kappa shape index (κ2) is 11.6. The molecule has 0 aromatic heterocycles. The van der Waals surface area contributed by atoms with E-state index in [1.807, 2.05) is 0 Å². The van der Waals surface area contributed by atoms with Crippen molar-refractivity contribution in [3.63, 3.8) is 0 Å². The zero-order chi connectivity index (χ0) is 25.3. The van der Waals surface area contributed by atoms with Gasteiger partial charge < -0.3 is 74.4 Å². The van der Waals surface area contributed by atoms with Crippen LogP contribution in [0.2, 0.25) is 0 Å². The molecule has 0 spiro atoms. The smallest absolute Gasteiger partial charge is 0.187 e. The number of hydrogen-bond donors (Lipinski definition) is 9. The molecule has 0 aromatic carbocycles. The van der Waals surface area contributed by atoms with Crippen molar-refractivity contribution in [3.8, 4) is 0 Å². The number of aliphatic hydroxyl groups is 9. The molecule has 3 fully saturated rings. The maximum atomic E-state index is 10.8. The highest BCUT2D eigenvalue weighted by molar-refractivity contribution is 4.96. The van der Waals surface area contributed by atoms with Crippen molar-refractivity contribution in [1.29, 1.82) is 0 Å². The van der Waals surface area contributed by atoms with E-state index in [0.29, 0.717) is 0 Å². The summed E-state index contributed by atoms with van der Waals surface area (Å²) < 4.78 is 32.9. The van der Waals surface area contributed by atoms with Crippen LogP contribution in [0.25, 0.3) is 0 Å². The molecule has 3 saturated heterocycles. The molecule has 9 N–H and O–H groups in total. The van der Waals surface area contributed by atoms with Gasteiger partial charge in [0.15, 0.2) is 18.9 Å². The summed E-state index contributed by atoms with van der Waals surface area (Å²) in [4.78, 5) is 0. The molecule has 0 saturated carbocycles. The minimum Gasteiger partial charge on any atom is -0.394 e. The first kappa shape index (κ1) is 28.0. The van der Waals surface area contributed by atoms with Gasteiger partial charge in [0.1, 0.15) is 67.1 Å². The van der Waals surface area contributed by atoms with Crippen molar-refractivity contribution in [2.24, 2.45) is 0 Å². The molecule has 34 heavy (non-hydrogen) atoms. The minimum absolute atomic E-state index is 0.674. The van der Waals surface area contributed by atoms with Gasteiger partial charge in [0.25, 0.3) is 0 Å². The lowest BCUT2D eigenvalue weighted by Gasteiger charge is -2.48. The highest BCUT2D eigenvalue weighted by Gasteiger charge is 2.54. The van der Waals surface area contributed by atoms with E-state index < -0.39 is 105 Å². The SMILES string of the molecule is CO[C@@H]1O[C@H](CO)[C@H](O)[C@H](O[C@H]2O[C@H](CO)[C@H](O)[C@H](O)[C@H]2O)[C@H]1O[C@@H]1O[C@@H](C)[C@@H](O)[C@@H](O)[C@@H]1O. The first-order valence-electron chi connectivity index (χ1n) is 10.8. The first-order chi connectivity index (χ1) is 16.0. The van der Waals surface area contributed by atoms with Crippen LogP contribution in [-0.4, -0.2) is 158 Å². The molecule has 3 aliphatic heterocycles. The highest BCUT2D eigenvalue weighted by Crippen LogP contribution is 2.33. The minimum atomic E-state index is -1.81. The van der Waals surface area contributed by atoms with Crippen LogP contribution in [0.4, 0.5) is 0 Å². The van der Waals surface area contributed by atoms with Crippen molar-refractivity contribution in [2.75, 3.05) is 20.3 Å². The van der Waals surface area contributed by atoms with Crippen LogP contribution >= 0.6 is 0 Å². The lowest BCUT2D eigenvalue weighted by molar-refractivity contribution is -0.388. The normalized spacial score (nSPS) is 52.5. The monoisotopic (exact) mass is 502 g/mol. The predicted octanol–water partition coefficient (Wildman–Crippen LogP) is -5.89. The third-order valence-corrected chi connectivity index (χ3v) is 6.27. The Balaban J connectivity index is 1.86.